The Morgan fingerprint density at radius 2 is 1.86 bits per heavy atom. The first kappa shape index (κ1) is 15.6. The number of benzene rings is 2. The maximum absolute atomic E-state index is 13.5. The van der Waals surface area contributed by atoms with Crippen molar-refractivity contribution in [3.63, 3.8) is 0 Å². The molecule has 1 N–H and O–H groups in total. The first-order chi connectivity index (χ1) is 9.99. The number of hydrogen-bond acceptors (Lipinski definition) is 3. The fraction of sp³-hybridized carbons (Fsp3) is 0.133. The minimum Gasteiger partial charge on any atom is -0.465 e. The fourth-order valence-electron chi connectivity index (χ4n) is 1.82. The lowest BCUT2D eigenvalue weighted by Crippen LogP contribution is -2.06. The lowest BCUT2D eigenvalue weighted by Gasteiger charge is -2.09. The minimum absolute atomic E-state index is 0.119. The lowest BCUT2D eigenvalue weighted by molar-refractivity contribution is 0.0595. The van der Waals surface area contributed by atoms with Crippen molar-refractivity contribution in [2.24, 2.45) is 0 Å². The molecule has 0 heterocycles. The summed E-state index contributed by atoms with van der Waals surface area (Å²) in [7, 11) is 1.20. The van der Waals surface area contributed by atoms with Crippen LogP contribution in [0.25, 0.3) is 0 Å². The first-order valence-corrected chi connectivity index (χ1v) is 6.82. The predicted molar refractivity (Wildman–Crippen MR) is 81.5 cm³/mol. The van der Waals surface area contributed by atoms with Crippen LogP contribution in [0.2, 0.25) is 10.0 Å². The molecule has 0 aromatic heterocycles. The van der Waals surface area contributed by atoms with Crippen molar-refractivity contribution in [2.45, 2.75) is 6.54 Å². The van der Waals surface area contributed by atoms with E-state index >= 15 is 0 Å². The minimum atomic E-state index is -0.720. The highest BCUT2D eigenvalue weighted by Gasteiger charge is 2.12. The van der Waals surface area contributed by atoms with Crippen LogP contribution >= 0.6 is 23.2 Å². The van der Waals surface area contributed by atoms with Gasteiger partial charge in [-0.2, -0.15) is 0 Å². The fourth-order valence-corrected chi connectivity index (χ4v) is 2.39. The summed E-state index contributed by atoms with van der Waals surface area (Å²) in [6.45, 7) is 0.437. The van der Waals surface area contributed by atoms with Crippen LogP contribution in [-0.4, -0.2) is 13.1 Å². The maximum atomic E-state index is 13.5. The Morgan fingerprint density at radius 1 is 1.19 bits per heavy atom. The van der Waals surface area contributed by atoms with Crippen LogP contribution in [-0.2, 0) is 11.3 Å². The van der Waals surface area contributed by atoms with E-state index in [0.29, 0.717) is 22.3 Å². The van der Waals surface area contributed by atoms with Gasteiger partial charge in [-0.1, -0.05) is 23.2 Å². The quantitative estimate of drug-likeness (QED) is 0.838. The zero-order valence-electron chi connectivity index (χ0n) is 11.1. The van der Waals surface area contributed by atoms with E-state index in [4.69, 9.17) is 23.2 Å². The molecule has 3 nitrogen and oxygen atoms in total. The van der Waals surface area contributed by atoms with Crippen molar-refractivity contribution in [3.05, 3.63) is 63.4 Å². The third-order valence-electron chi connectivity index (χ3n) is 2.79. The van der Waals surface area contributed by atoms with E-state index in [1.54, 1.807) is 18.2 Å². The van der Waals surface area contributed by atoms with Gasteiger partial charge in [0.05, 0.1) is 12.7 Å². The highest BCUT2D eigenvalue weighted by molar-refractivity contribution is 6.34. The highest BCUT2D eigenvalue weighted by atomic mass is 35.5. The smallest absolute Gasteiger partial charge is 0.340 e. The molecule has 2 aromatic carbocycles. The van der Waals surface area contributed by atoms with Crippen LogP contribution in [0.15, 0.2) is 36.4 Å². The number of halogens is 3. The van der Waals surface area contributed by atoms with Gasteiger partial charge >= 0.3 is 5.97 Å². The van der Waals surface area contributed by atoms with Gasteiger partial charge in [-0.15, -0.1) is 0 Å². The average Bonchev–Trinajstić information content (AvgIpc) is 2.44. The molecule has 0 saturated carbocycles. The molecule has 110 valence electrons. The van der Waals surface area contributed by atoms with Crippen LogP contribution in [0.4, 0.5) is 10.1 Å². The van der Waals surface area contributed by atoms with Gasteiger partial charge in [0.2, 0.25) is 0 Å². The third kappa shape index (κ3) is 4.09. The van der Waals surface area contributed by atoms with Crippen LogP contribution in [0.1, 0.15) is 15.9 Å². The molecule has 6 heteroatoms. The van der Waals surface area contributed by atoms with Crippen molar-refractivity contribution < 1.29 is 13.9 Å². The van der Waals surface area contributed by atoms with E-state index in [1.807, 2.05) is 0 Å². The summed E-state index contributed by atoms with van der Waals surface area (Å²) in [6.07, 6.45) is 0. The first-order valence-electron chi connectivity index (χ1n) is 6.06. The SMILES string of the molecule is COC(=O)c1cc(NCc2cc(Cl)cc(Cl)c2)ccc1F. The number of anilines is 1. The van der Waals surface area contributed by atoms with Crippen molar-refractivity contribution in [1.29, 1.82) is 0 Å². The molecule has 0 atom stereocenters. The van der Waals surface area contributed by atoms with Crippen molar-refractivity contribution in [1.82, 2.24) is 0 Å². The molecule has 0 aliphatic rings. The predicted octanol–water partition coefficient (Wildman–Crippen LogP) is 4.53. The number of esters is 1. The largest absolute Gasteiger partial charge is 0.465 e. The summed E-state index contributed by atoms with van der Waals surface area (Å²) in [5, 5.41) is 4.14. The van der Waals surface area contributed by atoms with E-state index in [-0.39, 0.29) is 5.56 Å². The van der Waals surface area contributed by atoms with Gasteiger partial charge in [0, 0.05) is 22.3 Å². The summed E-state index contributed by atoms with van der Waals surface area (Å²) in [5.74, 6) is -1.35. The number of carbonyl (C=O) groups excluding carboxylic acids is 1. The van der Waals surface area contributed by atoms with E-state index in [9.17, 15) is 9.18 Å². The van der Waals surface area contributed by atoms with Crippen LogP contribution in [0.5, 0.6) is 0 Å². The molecule has 0 bridgehead atoms. The summed E-state index contributed by atoms with van der Waals surface area (Å²) >= 11 is 11.8. The number of carbonyl (C=O) groups is 1. The van der Waals surface area contributed by atoms with Gasteiger partial charge in [0.1, 0.15) is 5.82 Å². The second-order valence-corrected chi connectivity index (χ2v) is 5.19. The van der Waals surface area contributed by atoms with Gasteiger partial charge in [0.15, 0.2) is 0 Å². The molecule has 2 rings (SSSR count). The average molecular weight is 328 g/mol. The third-order valence-corrected chi connectivity index (χ3v) is 3.23. The van der Waals surface area contributed by atoms with Gasteiger partial charge in [-0.25, -0.2) is 9.18 Å². The molecule has 0 fully saturated rings. The molecule has 0 aliphatic carbocycles. The summed E-state index contributed by atoms with van der Waals surface area (Å²) in [5.41, 5.74) is 1.34. The zero-order valence-corrected chi connectivity index (χ0v) is 12.6. The van der Waals surface area contributed by atoms with E-state index in [1.165, 1.54) is 25.3 Å². The Balaban J connectivity index is 2.15. The molecule has 2 aromatic rings. The molecular weight excluding hydrogens is 316 g/mol. The van der Waals surface area contributed by atoms with Crippen LogP contribution in [0, 0.1) is 5.82 Å². The number of hydrogen-bond donors (Lipinski definition) is 1. The Morgan fingerprint density at radius 3 is 2.48 bits per heavy atom. The number of rotatable bonds is 4. The van der Waals surface area contributed by atoms with E-state index in [2.05, 4.69) is 10.1 Å². The highest BCUT2D eigenvalue weighted by Crippen LogP contribution is 2.21. The molecule has 21 heavy (non-hydrogen) atoms. The van der Waals surface area contributed by atoms with Crippen LogP contribution in [0.3, 0.4) is 0 Å². The lowest BCUT2D eigenvalue weighted by atomic mass is 10.1. The molecule has 0 spiro atoms. The van der Waals surface area contributed by atoms with Crippen molar-refractivity contribution >= 4 is 34.9 Å². The second kappa shape index (κ2) is 6.78. The number of nitrogens with one attached hydrogen (secondary N) is 1. The van der Waals surface area contributed by atoms with E-state index < -0.39 is 11.8 Å². The Labute approximate surface area is 131 Å². The summed E-state index contributed by atoms with van der Waals surface area (Å²) in [4.78, 5) is 11.4. The molecule has 0 saturated heterocycles. The number of ether oxygens (including phenoxy) is 1. The summed E-state index contributed by atoms with van der Waals surface area (Å²) < 4.78 is 18.0. The molecular formula is C15H12Cl2FNO2. The monoisotopic (exact) mass is 327 g/mol. The summed E-state index contributed by atoms with van der Waals surface area (Å²) in [6, 6.07) is 9.32. The Bertz CT molecular complexity index is 656. The van der Waals surface area contributed by atoms with Crippen molar-refractivity contribution in [2.75, 3.05) is 12.4 Å². The Kier molecular flexibility index (Phi) is 5.04. The second-order valence-electron chi connectivity index (χ2n) is 4.32. The zero-order chi connectivity index (χ0) is 15.4. The molecule has 0 aliphatic heterocycles. The van der Waals surface area contributed by atoms with Gasteiger partial charge in [-0.3, -0.25) is 0 Å². The van der Waals surface area contributed by atoms with Gasteiger partial charge < -0.3 is 10.1 Å². The maximum Gasteiger partial charge on any atom is 0.340 e. The Hall–Kier alpha value is -1.78. The topological polar surface area (TPSA) is 38.3 Å². The van der Waals surface area contributed by atoms with Crippen molar-refractivity contribution in [3.8, 4) is 0 Å². The standard InChI is InChI=1S/C15H12Cl2FNO2/c1-21-15(20)13-7-12(2-3-14(13)18)19-8-9-4-10(16)6-11(17)5-9/h2-7,19H,8H2,1H3. The number of methoxy groups -OCH3 is 1. The van der Waals surface area contributed by atoms with E-state index in [0.717, 1.165) is 5.56 Å². The normalized spacial score (nSPS) is 10.3. The van der Waals surface area contributed by atoms with Gasteiger partial charge in [-0.05, 0) is 42.0 Å². The van der Waals surface area contributed by atoms with Gasteiger partial charge in [0.25, 0.3) is 0 Å². The molecule has 0 radical (unpaired) electrons. The molecule has 0 amide bonds. The van der Waals surface area contributed by atoms with Crippen LogP contribution < -0.4 is 5.32 Å². The molecule has 0 unspecified atom stereocenters.